The average molecular weight is 327 g/mol. The molecule has 0 saturated carbocycles. The van der Waals surface area contributed by atoms with Gasteiger partial charge in [0.05, 0.1) is 13.2 Å². The monoisotopic (exact) mass is 326 g/mol. The highest BCUT2D eigenvalue weighted by Gasteiger charge is 2.32. The van der Waals surface area contributed by atoms with Crippen LogP contribution in [0.2, 0.25) is 5.02 Å². The molecule has 1 heterocycles. The average Bonchev–Trinajstić information content (AvgIpc) is 2.88. The molecule has 0 unspecified atom stereocenters. The summed E-state index contributed by atoms with van der Waals surface area (Å²) in [6, 6.07) is 5.44. The van der Waals surface area contributed by atoms with Gasteiger partial charge in [0, 0.05) is 17.8 Å². The molecule has 2 amide bonds. The SMILES string of the molecule is COCC[NH2+]CC(=O)N1CC(=O)N(c2cccc(Cl)c2C)C1. The topological polar surface area (TPSA) is 66.5 Å². The predicted molar refractivity (Wildman–Crippen MR) is 83.8 cm³/mol. The molecule has 1 aromatic rings. The van der Waals surface area contributed by atoms with Gasteiger partial charge in [-0.3, -0.25) is 14.5 Å². The molecule has 1 aliphatic heterocycles. The van der Waals surface area contributed by atoms with Gasteiger partial charge >= 0.3 is 0 Å². The van der Waals surface area contributed by atoms with E-state index in [0.29, 0.717) is 18.2 Å². The Hall–Kier alpha value is -1.63. The summed E-state index contributed by atoms with van der Waals surface area (Å²) in [7, 11) is 1.62. The van der Waals surface area contributed by atoms with Crippen molar-refractivity contribution in [2.75, 3.05) is 44.9 Å². The summed E-state index contributed by atoms with van der Waals surface area (Å²) in [4.78, 5) is 27.5. The third kappa shape index (κ3) is 3.76. The van der Waals surface area contributed by atoms with Gasteiger partial charge in [0.15, 0.2) is 6.54 Å². The van der Waals surface area contributed by atoms with Crippen molar-refractivity contribution in [3.8, 4) is 0 Å². The van der Waals surface area contributed by atoms with Crippen LogP contribution in [-0.2, 0) is 14.3 Å². The number of ether oxygens (including phenoxy) is 1. The van der Waals surface area contributed by atoms with Gasteiger partial charge < -0.3 is 15.0 Å². The first kappa shape index (κ1) is 16.7. The lowest BCUT2D eigenvalue weighted by molar-refractivity contribution is -0.645. The minimum Gasteiger partial charge on any atom is -0.379 e. The second-order valence-electron chi connectivity index (χ2n) is 5.21. The molecule has 6 nitrogen and oxygen atoms in total. The molecule has 2 rings (SSSR count). The number of anilines is 1. The fourth-order valence-corrected chi connectivity index (χ4v) is 2.54. The molecule has 1 fully saturated rings. The Labute approximate surface area is 135 Å². The van der Waals surface area contributed by atoms with Crippen molar-refractivity contribution in [1.82, 2.24) is 4.90 Å². The number of benzene rings is 1. The Morgan fingerprint density at radius 1 is 1.45 bits per heavy atom. The minimum atomic E-state index is -0.0874. The Kier molecular flexibility index (Phi) is 5.76. The maximum Gasteiger partial charge on any atom is 0.279 e. The molecule has 1 saturated heterocycles. The van der Waals surface area contributed by atoms with Gasteiger partial charge in [-0.1, -0.05) is 17.7 Å². The Balaban J connectivity index is 1.98. The molecule has 0 aromatic heterocycles. The molecule has 2 N–H and O–H groups in total. The van der Waals surface area contributed by atoms with Crippen molar-refractivity contribution >= 4 is 29.1 Å². The van der Waals surface area contributed by atoms with E-state index in [-0.39, 0.29) is 25.0 Å². The van der Waals surface area contributed by atoms with Crippen molar-refractivity contribution in [2.24, 2.45) is 0 Å². The van der Waals surface area contributed by atoms with Crippen molar-refractivity contribution in [1.29, 1.82) is 0 Å². The number of halogens is 1. The van der Waals surface area contributed by atoms with E-state index in [1.807, 2.05) is 18.3 Å². The first-order chi connectivity index (χ1) is 10.5. The van der Waals surface area contributed by atoms with Gasteiger partial charge in [0.2, 0.25) is 5.91 Å². The number of nitrogens with zero attached hydrogens (tertiary/aromatic N) is 2. The number of amides is 2. The maximum atomic E-state index is 12.2. The molecule has 7 heteroatoms. The van der Waals surface area contributed by atoms with Crippen molar-refractivity contribution in [3.63, 3.8) is 0 Å². The number of hydrogen-bond donors (Lipinski definition) is 1. The number of carbonyl (C=O) groups is 2. The zero-order valence-electron chi connectivity index (χ0n) is 12.8. The zero-order chi connectivity index (χ0) is 16.1. The number of nitrogens with two attached hydrogens (primary N) is 1. The van der Waals surface area contributed by atoms with Gasteiger partial charge in [-0.05, 0) is 24.6 Å². The third-order valence-electron chi connectivity index (χ3n) is 3.67. The lowest BCUT2D eigenvalue weighted by Crippen LogP contribution is -2.87. The molecular formula is C15H21ClN3O3+. The van der Waals surface area contributed by atoms with E-state index in [4.69, 9.17) is 16.3 Å². The normalized spacial score (nSPS) is 14.8. The third-order valence-corrected chi connectivity index (χ3v) is 4.08. The summed E-state index contributed by atoms with van der Waals surface area (Å²) in [6.45, 7) is 3.90. The van der Waals surface area contributed by atoms with E-state index in [2.05, 4.69) is 0 Å². The summed E-state index contributed by atoms with van der Waals surface area (Å²) in [5.41, 5.74) is 1.61. The fourth-order valence-electron chi connectivity index (χ4n) is 2.37. The molecule has 0 radical (unpaired) electrons. The molecule has 120 valence electrons. The molecule has 1 aliphatic rings. The van der Waals surface area contributed by atoms with Gasteiger partial charge in [0.1, 0.15) is 13.2 Å². The van der Waals surface area contributed by atoms with E-state index in [9.17, 15) is 9.59 Å². The first-order valence-corrected chi connectivity index (χ1v) is 7.56. The number of quaternary nitrogens is 1. The van der Waals surface area contributed by atoms with Crippen LogP contribution in [0.4, 0.5) is 5.69 Å². The van der Waals surface area contributed by atoms with Crippen LogP contribution in [0.5, 0.6) is 0 Å². The molecule has 0 atom stereocenters. The highest BCUT2D eigenvalue weighted by atomic mass is 35.5. The summed E-state index contributed by atoms with van der Waals surface area (Å²) in [5.74, 6) is -0.137. The van der Waals surface area contributed by atoms with Gasteiger partial charge in [0.25, 0.3) is 5.91 Å². The number of hydrogen-bond acceptors (Lipinski definition) is 3. The summed E-state index contributed by atoms with van der Waals surface area (Å²) in [6.07, 6.45) is 0. The second-order valence-corrected chi connectivity index (χ2v) is 5.62. The molecule has 1 aromatic carbocycles. The number of rotatable bonds is 6. The predicted octanol–water partition coefficient (Wildman–Crippen LogP) is -0.00908. The van der Waals surface area contributed by atoms with Crippen molar-refractivity contribution in [2.45, 2.75) is 6.92 Å². The summed E-state index contributed by atoms with van der Waals surface area (Å²) in [5, 5.41) is 2.49. The Morgan fingerprint density at radius 2 is 2.23 bits per heavy atom. The van der Waals surface area contributed by atoms with Crippen molar-refractivity contribution < 1.29 is 19.6 Å². The highest BCUT2D eigenvalue weighted by molar-refractivity contribution is 6.31. The van der Waals surface area contributed by atoms with E-state index in [0.717, 1.165) is 17.8 Å². The fraction of sp³-hybridized carbons (Fsp3) is 0.467. The molecule has 0 spiro atoms. The van der Waals surface area contributed by atoms with Gasteiger partial charge in [-0.15, -0.1) is 0 Å². The van der Waals surface area contributed by atoms with Crippen LogP contribution in [0, 0.1) is 6.92 Å². The zero-order valence-corrected chi connectivity index (χ0v) is 13.6. The van der Waals surface area contributed by atoms with Crippen LogP contribution in [-0.4, -0.2) is 56.7 Å². The van der Waals surface area contributed by atoms with E-state index < -0.39 is 0 Å². The lowest BCUT2D eigenvalue weighted by Gasteiger charge is -2.20. The first-order valence-electron chi connectivity index (χ1n) is 7.18. The van der Waals surface area contributed by atoms with Crippen LogP contribution in [0.1, 0.15) is 5.56 Å². The van der Waals surface area contributed by atoms with Gasteiger partial charge in [-0.25, -0.2) is 0 Å². The molecular weight excluding hydrogens is 306 g/mol. The maximum absolute atomic E-state index is 12.2. The highest BCUT2D eigenvalue weighted by Crippen LogP contribution is 2.28. The van der Waals surface area contributed by atoms with Gasteiger partial charge in [-0.2, -0.15) is 0 Å². The van der Waals surface area contributed by atoms with Crippen LogP contribution in [0.25, 0.3) is 0 Å². The number of carbonyl (C=O) groups excluding carboxylic acids is 2. The summed E-state index contributed by atoms with van der Waals surface area (Å²) >= 11 is 6.10. The van der Waals surface area contributed by atoms with E-state index in [1.165, 1.54) is 0 Å². The number of methoxy groups -OCH3 is 1. The van der Waals surface area contributed by atoms with E-state index in [1.54, 1.807) is 29.0 Å². The summed E-state index contributed by atoms with van der Waals surface area (Å²) < 4.78 is 4.93. The standard InChI is InChI=1S/C15H20ClN3O3/c1-11-12(16)4-3-5-13(11)19-10-18(9-15(19)21)14(20)8-17-6-7-22-2/h3-5,17H,6-10H2,1-2H3/p+1. The quantitative estimate of drug-likeness (QED) is 0.748. The van der Waals surface area contributed by atoms with Crippen LogP contribution >= 0.6 is 11.6 Å². The van der Waals surface area contributed by atoms with Crippen molar-refractivity contribution in [3.05, 3.63) is 28.8 Å². The Morgan fingerprint density at radius 3 is 2.95 bits per heavy atom. The van der Waals surface area contributed by atoms with Crippen LogP contribution in [0.15, 0.2) is 18.2 Å². The minimum absolute atomic E-state index is 0.0494. The molecule has 0 aliphatic carbocycles. The largest absolute Gasteiger partial charge is 0.379 e. The van der Waals surface area contributed by atoms with Crippen LogP contribution < -0.4 is 10.2 Å². The Bertz CT molecular complexity index is 565. The molecule has 0 bridgehead atoms. The lowest BCUT2D eigenvalue weighted by atomic mass is 10.2. The van der Waals surface area contributed by atoms with Crippen LogP contribution in [0.3, 0.4) is 0 Å². The molecule has 22 heavy (non-hydrogen) atoms. The smallest absolute Gasteiger partial charge is 0.279 e. The second kappa shape index (κ2) is 7.58. The van der Waals surface area contributed by atoms with E-state index >= 15 is 0 Å².